The molecule has 1 aliphatic heterocycles. The Balaban J connectivity index is 1.68. The fourth-order valence-electron chi connectivity index (χ4n) is 4.67. The van der Waals surface area contributed by atoms with Crippen molar-refractivity contribution in [1.29, 1.82) is 0 Å². The molecule has 2 aliphatic rings. The molecule has 6 heteroatoms. The number of ether oxygens (including phenoxy) is 3. The van der Waals surface area contributed by atoms with Crippen molar-refractivity contribution in [3.05, 3.63) is 82.9 Å². The van der Waals surface area contributed by atoms with Crippen LogP contribution in [0.2, 0.25) is 0 Å². The number of aliphatic carboxylic acids is 1. The maximum atomic E-state index is 12.5. The van der Waals surface area contributed by atoms with Gasteiger partial charge >= 0.3 is 5.97 Å². The van der Waals surface area contributed by atoms with Crippen molar-refractivity contribution in [3.8, 4) is 23.0 Å². The number of hydrogen-bond donors (Lipinski definition) is 2. The Bertz CT molecular complexity index is 1120. The second-order valence-electron chi connectivity index (χ2n) is 7.52. The number of methoxy groups -OCH3 is 1. The van der Waals surface area contributed by atoms with E-state index >= 15 is 0 Å². The summed E-state index contributed by atoms with van der Waals surface area (Å²) in [4.78, 5) is 12.5. The second-order valence-corrected chi connectivity index (χ2v) is 7.52. The number of phenols is 1. The fourth-order valence-corrected chi connectivity index (χ4v) is 4.67. The zero-order valence-electron chi connectivity index (χ0n) is 16.2. The summed E-state index contributed by atoms with van der Waals surface area (Å²) in [7, 11) is 1.59. The van der Waals surface area contributed by atoms with Crippen molar-refractivity contribution in [2.24, 2.45) is 5.92 Å². The van der Waals surface area contributed by atoms with Gasteiger partial charge in [-0.1, -0.05) is 24.3 Å². The minimum atomic E-state index is -0.894. The molecule has 2 N–H and O–H groups in total. The summed E-state index contributed by atoms with van der Waals surface area (Å²) in [5, 5.41) is 20.4. The predicted octanol–water partition coefficient (Wildman–Crippen LogP) is 4.11. The molecule has 30 heavy (non-hydrogen) atoms. The number of benzene rings is 3. The van der Waals surface area contributed by atoms with Gasteiger partial charge in [0.1, 0.15) is 11.5 Å². The standard InChI is InChI=1S/C24H20O6/c1-28-16-6-2-13(3-7-16)21-18-11-15(25)5-8-17(18)22(23(21)24(26)27)14-4-9-19-20(10-14)30-12-29-19/h2-11,21-23,25H,12H2,1H3,(H,26,27)/t21?,22-,23?/m1/s1. The van der Waals surface area contributed by atoms with Crippen molar-refractivity contribution < 1.29 is 29.2 Å². The minimum absolute atomic E-state index is 0.114. The summed E-state index contributed by atoms with van der Waals surface area (Å²) in [6, 6.07) is 18.1. The third-order valence-corrected chi connectivity index (χ3v) is 5.97. The monoisotopic (exact) mass is 404 g/mol. The van der Waals surface area contributed by atoms with Gasteiger partial charge in [0.15, 0.2) is 11.5 Å². The van der Waals surface area contributed by atoms with E-state index in [4.69, 9.17) is 14.2 Å². The fraction of sp³-hybridized carbons (Fsp3) is 0.208. The highest BCUT2D eigenvalue weighted by Crippen LogP contribution is 2.54. The third kappa shape index (κ3) is 2.84. The number of fused-ring (bicyclic) bond motifs is 2. The van der Waals surface area contributed by atoms with Crippen molar-refractivity contribution in [2.45, 2.75) is 11.8 Å². The average Bonchev–Trinajstić information content (AvgIpc) is 3.35. The van der Waals surface area contributed by atoms with Crippen LogP contribution in [0, 0.1) is 5.92 Å². The first-order valence-electron chi connectivity index (χ1n) is 9.66. The lowest BCUT2D eigenvalue weighted by Crippen LogP contribution is -2.23. The molecular formula is C24H20O6. The number of hydrogen-bond acceptors (Lipinski definition) is 5. The molecule has 0 fully saturated rings. The SMILES string of the molecule is COc1ccc(C2c3cc(O)ccc3[C@@H](c3ccc4c(c3)OCO4)C2C(=O)O)cc1. The number of carboxylic acid groups (broad SMARTS) is 1. The zero-order chi connectivity index (χ0) is 20.8. The highest BCUT2D eigenvalue weighted by atomic mass is 16.7. The van der Waals surface area contributed by atoms with Gasteiger partial charge < -0.3 is 24.4 Å². The average molecular weight is 404 g/mol. The Morgan fingerprint density at radius 1 is 0.900 bits per heavy atom. The number of rotatable bonds is 4. The Hall–Kier alpha value is -3.67. The van der Waals surface area contributed by atoms with E-state index in [2.05, 4.69) is 0 Å². The molecule has 1 heterocycles. The number of aromatic hydroxyl groups is 1. The molecule has 0 aromatic heterocycles. The van der Waals surface area contributed by atoms with E-state index in [9.17, 15) is 15.0 Å². The molecule has 5 rings (SSSR count). The van der Waals surface area contributed by atoms with Gasteiger partial charge in [-0.05, 0) is 58.7 Å². The van der Waals surface area contributed by atoms with Gasteiger partial charge in [0.2, 0.25) is 6.79 Å². The Morgan fingerprint density at radius 2 is 1.60 bits per heavy atom. The lowest BCUT2D eigenvalue weighted by atomic mass is 9.79. The number of carboxylic acids is 1. The van der Waals surface area contributed by atoms with E-state index < -0.39 is 17.8 Å². The molecule has 3 aromatic rings. The Morgan fingerprint density at radius 3 is 2.33 bits per heavy atom. The molecule has 0 amide bonds. The molecule has 0 spiro atoms. The molecule has 152 valence electrons. The van der Waals surface area contributed by atoms with Crippen LogP contribution in [0.4, 0.5) is 0 Å². The molecule has 2 unspecified atom stereocenters. The van der Waals surface area contributed by atoms with Crippen LogP contribution in [0.1, 0.15) is 34.1 Å². The largest absolute Gasteiger partial charge is 0.508 e. The maximum Gasteiger partial charge on any atom is 0.308 e. The van der Waals surface area contributed by atoms with Crippen molar-refractivity contribution in [1.82, 2.24) is 0 Å². The molecule has 3 atom stereocenters. The van der Waals surface area contributed by atoms with E-state index in [1.54, 1.807) is 19.2 Å². The van der Waals surface area contributed by atoms with E-state index in [-0.39, 0.29) is 18.5 Å². The zero-order valence-corrected chi connectivity index (χ0v) is 16.2. The first kappa shape index (κ1) is 18.4. The first-order chi connectivity index (χ1) is 14.6. The summed E-state index contributed by atoms with van der Waals surface area (Å²) < 4.78 is 16.2. The summed E-state index contributed by atoms with van der Waals surface area (Å²) in [5.74, 6) is -0.351. The summed E-state index contributed by atoms with van der Waals surface area (Å²) in [5.41, 5.74) is 3.41. The summed E-state index contributed by atoms with van der Waals surface area (Å²) >= 11 is 0. The van der Waals surface area contributed by atoms with Crippen molar-refractivity contribution in [2.75, 3.05) is 13.9 Å². The van der Waals surface area contributed by atoms with Gasteiger partial charge in [-0.3, -0.25) is 4.79 Å². The predicted molar refractivity (Wildman–Crippen MR) is 108 cm³/mol. The van der Waals surface area contributed by atoms with Crippen LogP contribution in [0.15, 0.2) is 60.7 Å². The van der Waals surface area contributed by atoms with Crippen LogP contribution >= 0.6 is 0 Å². The third-order valence-electron chi connectivity index (χ3n) is 5.97. The molecule has 0 saturated heterocycles. The highest BCUT2D eigenvalue weighted by Gasteiger charge is 2.46. The molecule has 3 aromatic carbocycles. The second kappa shape index (κ2) is 6.99. The van der Waals surface area contributed by atoms with Crippen LogP contribution in [0.3, 0.4) is 0 Å². The number of carbonyl (C=O) groups is 1. The van der Waals surface area contributed by atoms with Gasteiger partial charge in [0.25, 0.3) is 0 Å². The van der Waals surface area contributed by atoms with Gasteiger partial charge in [0, 0.05) is 11.8 Å². The van der Waals surface area contributed by atoms with Crippen LogP contribution in [-0.4, -0.2) is 30.1 Å². The minimum Gasteiger partial charge on any atom is -0.508 e. The first-order valence-corrected chi connectivity index (χ1v) is 9.66. The van der Waals surface area contributed by atoms with Gasteiger partial charge in [-0.25, -0.2) is 0 Å². The normalized spacial score (nSPS) is 21.3. The highest BCUT2D eigenvalue weighted by molar-refractivity contribution is 5.78. The lowest BCUT2D eigenvalue weighted by Gasteiger charge is -2.23. The van der Waals surface area contributed by atoms with Crippen molar-refractivity contribution >= 4 is 5.97 Å². The molecule has 1 aliphatic carbocycles. The van der Waals surface area contributed by atoms with Gasteiger partial charge in [-0.2, -0.15) is 0 Å². The van der Waals surface area contributed by atoms with E-state index in [0.717, 1.165) is 22.3 Å². The Labute approximate surface area is 173 Å². The van der Waals surface area contributed by atoms with Gasteiger partial charge in [0.05, 0.1) is 13.0 Å². The lowest BCUT2D eigenvalue weighted by molar-refractivity contribution is -0.142. The molecule has 0 saturated carbocycles. The Kier molecular flexibility index (Phi) is 4.28. The molecule has 0 radical (unpaired) electrons. The van der Waals surface area contributed by atoms with E-state index in [1.165, 1.54) is 0 Å². The molecular weight excluding hydrogens is 384 g/mol. The van der Waals surface area contributed by atoms with Crippen molar-refractivity contribution in [3.63, 3.8) is 0 Å². The van der Waals surface area contributed by atoms with E-state index in [1.807, 2.05) is 48.5 Å². The quantitative estimate of drug-likeness (QED) is 0.681. The van der Waals surface area contributed by atoms with E-state index in [0.29, 0.717) is 17.2 Å². The summed E-state index contributed by atoms with van der Waals surface area (Å²) in [6.45, 7) is 0.157. The van der Waals surface area contributed by atoms with Crippen LogP contribution in [0.25, 0.3) is 0 Å². The van der Waals surface area contributed by atoms with Crippen LogP contribution in [-0.2, 0) is 4.79 Å². The number of phenolic OH excluding ortho intramolecular Hbond substituents is 1. The smallest absolute Gasteiger partial charge is 0.308 e. The topological polar surface area (TPSA) is 85.2 Å². The van der Waals surface area contributed by atoms with Crippen LogP contribution < -0.4 is 14.2 Å². The molecule has 6 nitrogen and oxygen atoms in total. The maximum absolute atomic E-state index is 12.5. The van der Waals surface area contributed by atoms with Gasteiger partial charge in [-0.15, -0.1) is 0 Å². The molecule has 0 bridgehead atoms. The van der Waals surface area contributed by atoms with Crippen LogP contribution in [0.5, 0.6) is 23.0 Å². The summed E-state index contributed by atoms with van der Waals surface area (Å²) in [6.07, 6.45) is 0.